The van der Waals surface area contributed by atoms with Crippen molar-refractivity contribution in [3.05, 3.63) is 48.3 Å². The number of aromatic nitrogens is 2. The van der Waals surface area contributed by atoms with Crippen LogP contribution in [-0.2, 0) is 13.0 Å². The molecule has 0 atom stereocenters. The van der Waals surface area contributed by atoms with Gasteiger partial charge in [-0.05, 0) is 30.2 Å². The van der Waals surface area contributed by atoms with Crippen LogP contribution in [0.15, 0.2) is 42.7 Å². The molecule has 0 fully saturated rings. The summed E-state index contributed by atoms with van der Waals surface area (Å²) >= 11 is 0. The maximum atomic E-state index is 5.17. The number of hydrogen-bond donors (Lipinski definition) is 0. The van der Waals surface area contributed by atoms with Gasteiger partial charge in [0, 0.05) is 18.9 Å². The van der Waals surface area contributed by atoms with E-state index in [1.165, 1.54) is 5.56 Å². The zero-order chi connectivity index (χ0) is 10.5. The molecule has 0 N–H and O–H groups in total. The summed E-state index contributed by atoms with van der Waals surface area (Å²) in [4.78, 5) is 0. The Hall–Kier alpha value is -1.77. The number of rotatable bonds is 4. The molecule has 1 aromatic heterocycles. The molecule has 0 saturated heterocycles. The Bertz CT molecular complexity index is 409. The van der Waals surface area contributed by atoms with E-state index in [2.05, 4.69) is 17.2 Å². The lowest BCUT2D eigenvalue weighted by Gasteiger charge is -2.04. The number of nitrogens with zero attached hydrogens (tertiary/aromatic N) is 2. The number of ether oxygens (including phenoxy) is 1. The van der Waals surface area contributed by atoms with Crippen LogP contribution in [0.3, 0.4) is 0 Å². The number of methoxy groups -OCH3 is 1. The monoisotopic (exact) mass is 202 g/mol. The van der Waals surface area contributed by atoms with Gasteiger partial charge >= 0.3 is 0 Å². The Morgan fingerprint density at radius 2 is 2.27 bits per heavy atom. The zero-order valence-electron chi connectivity index (χ0n) is 8.76. The van der Waals surface area contributed by atoms with Crippen molar-refractivity contribution in [2.75, 3.05) is 7.11 Å². The molecule has 1 aromatic carbocycles. The lowest BCUT2D eigenvalue weighted by atomic mass is 10.1. The molecule has 2 rings (SSSR count). The van der Waals surface area contributed by atoms with Crippen molar-refractivity contribution in [1.82, 2.24) is 9.78 Å². The average molecular weight is 202 g/mol. The summed E-state index contributed by atoms with van der Waals surface area (Å²) in [6, 6.07) is 10.1. The van der Waals surface area contributed by atoms with E-state index in [4.69, 9.17) is 4.74 Å². The van der Waals surface area contributed by atoms with Gasteiger partial charge in [-0.2, -0.15) is 5.10 Å². The topological polar surface area (TPSA) is 27.1 Å². The van der Waals surface area contributed by atoms with Gasteiger partial charge in [-0.1, -0.05) is 12.1 Å². The molecule has 15 heavy (non-hydrogen) atoms. The fraction of sp³-hybridized carbons (Fsp3) is 0.250. The van der Waals surface area contributed by atoms with E-state index in [0.29, 0.717) is 0 Å². The van der Waals surface area contributed by atoms with Gasteiger partial charge in [-0.25, -0.2) is 0 Å². The van der Waals surface area contributed by atoms with Crippen molar-refractivity contribution < 1.29 is 4.74 Å². The van der Waals surface area contributed by atoms with Crippen molar-refractivity contribution in [2.24, 2.45) is 0 Å². The molecule has 0 aliphatic heterocycles. The van der Waals surface area contributed by atoms with E-state index < -0.39 is 0 Å². The van der Waals surface area contributed by atoms with E-state index in [1.807, 2.05) is 29.1 Å². The first-order valence-corrected chi connectivity index (χ1v) is 4.99. The van der Waals surface area contributed by atoms with Crippen molar-refractivity contribution in [3.8, 4) is 5.75 Å². The molecule has 2 aromatic rings. The fourth-order valence-corrected chi connectivity index (χ4v) is 1.50. The maximum absolute atomic E-state index is 5.17. The minimum absolute atomic E-state index is 0.903. The van der Waals surface area contributed by atoms with E-state index in [0.717, 1.165) is 18.7 Å². The van der Waals surface area contributed by atoms with E-state index >= 15 is 0 Å². The summed E-state index contributed by atoms with van der Waals surface area (Å²) in [5, 5.41) is 4.16. The number of benzene rings is 1. The third-order valence-corrected chi connectivity index (χ3v) is 2.32. The van der Waals surface area contributed by atoms with Crippen LogP contribution in [-0.4, -0.2) is 16.9 Å². The van der Waals surface area contributed by atoms with Crippen molar-refractivity contribution >= 4 is 0 Å². The summed E-state index contributed by atoms with van der Waals surface area (Å²) in [6.45, 7) is 0.903. The quantitative estimate of drug-likeness (QED) is 0.759. The zero-order valence-corrected chi connectivity index (χ0v) is 8.76. The lowest BCUT2D eigenvalue weighted by molar-refractivity contribution is 0.414. The van der Waals surface area contributed by atoms with E-state index in [-0.39, 0.29) is 0 Å². The predicted molar refractivity (Wildman–Crippen MR) is 58.9 cm³/mol. The largest absolute Gasteiger partial charge is 0.497 e. The van der Waals surface area contributed by atoms with Crippen LogP contribution in [0.25, 0.3) is 0 Å². The van der Waals surface area contributed by atoms with Gasteiger partial charge in [0.2, 0.25) is 0 Å². The molecule has 78 valence electrons. The molecule has 0 aliphatic rings. The summed E-state index contributed by atoms with van der Waals surface area (Å²) in [6.07, 6.45) is 4.74. The molecule has 0 amide bonds. The number of hydrogen-bond acceptors (Lipinski definition) is 2. The second-order valence-electron chi connectivity index (χ2n) is 3.37. The minimum Gasteiger partial charge on any atom is -0.497 e. The van der Waals surface area contributed by atoms with Crippen LogP contribution in [0.5, 0.6) is 5.75 Å². The first kappa shape index (κ1) is 9.77. The van der Waals surface area contributed by atoms with Gasteiger partial charge in [0.25, 0.3) is 0 Å². The SMILES string of the molecule is COc1cccc(CCn2cccn2)c1. The first-order valence-electron chi connectivity index (χ1n) is 4.99. The molecule has 0 bridgehead atoms. The molecule has 0 radical (unpaired) electrons. The normalized spacial score (nSPS) is 10.2. The minimum atomic E-state index is 0.903. The molecule has 0 spiro atoms. The van der Waals surface area contributed by atoms with Crippen LogP contribution in [0.2, 0.25) is 0 Å². The summed E-state index contributed by atoms with van der Waals surface area (Å²) in [5.74, 6) is 0.910. The van der Waals surface area contributed by atoms with Gasteiger partial charge in [-0.15, -0.1) is 0 Å². The lowest BCUT2D eigenvalue weighted by Crippen LogP contribution is -2.01. The Morgan fingerprint density at radius 3 is 3.00 bits per heavy atom. The van der Waals surface area contributed by atoms with Crippen LogP contribution in [0, 0.1) is 0 Å². The summed E-state index contributed by atoms with van der Waals surface area (Å²) in [5.41, 5.74) is 1.27. The summed E-state index contributed by atoms with van der Waals surface area (Å²) in [7, 11) is 1.69. The fourth-order valence-electron chi connectivity index (χ4n) is 1.50. The van der Waals surface area contributed by atoms with Gasteiger partial charge in [-0.3, -0.25) is 4.68 Å². The highest BCUT2D eigenvalue weighted by Gasteiger charge is 1.96. The van der Waals surface area contributed by atoms with Gasteiger partial charge in [0.1, 0.15) is 5.75 Å². The first-order chi connectivity index (χ1) is 7.38. The van der Waals surface area contributed by atoms with E-state index in [9.17, 15) is 0 Å². The predicted octanol–water partition coefficient (Wildman–Crippen LogP) is 2.13. The van der Waals surface area contributed by atoms with Crippen molar-refractivity contribution in [1.29, 1.82) is 0 Å². The van der Waals surface area contributed by atoms with Gasteiger partial charge < -0.3 is 4.74 Å². The highest BCUT2D eigenvalue weighted by Crippen LogP contribution is 2.13. The van der Waals surface area contributed by atoms with Crippen LogP contribution in [0.1, 0.15) is 5.56 Å². The van der Waals surface area contributed by atoms with Gasteiger partial charge in [0.05, 0.1) is 7.11 Å². The third-order valence-electron chi connectivity index (χ3n) is 2.32. The van der Waals surface area contributed by atoms with Crippen LogP contribution < -0.4 is 4.74 Å². The van der Waals surface area contributed by atoms with Crippen molar-refractivity contribution in [2.45, 2.75) is 13.0 Å². The second kappa shape index (κ2) is 4.64. The molecule has 0 unspecified atom stereocenters. The van der Waals surface area contributed by atoms with E-state index in [1.54, 1.807) is 13.3 Å². The molecule has 3 heteroatoms. The molecular weight excluding hydrogens is 188 g/mol. The number of aryl methyl sites for hydroxylation is 2. The Morgan fingerprint density at radius 1 is 1.33 bits per heavy atom. The van der Waals surface area contributed by atoms with Crippen LogP contribution in [0.4, 0.5) is 0 Å². The average Bonchev–Trinajstić information content (AvgIpc) is 2.79. The Kier molecular flexibility index (Phi) is 3.02. The maximum Gasteiger partial charge on any atom is 0.119 e. The highest BCUT2D eigenvalue weighted by molar-refractivity contribution is 5.28. The Balaban J connectivity index is 1.98. The van der Waals surface area contributed by atoms with Crippen LogP contribution >= 0.6 is 0 Å². The molecule has 3 nitrogen and oxygen atoms in total. The molecule has 1 heterocycles. The standard InChI is InChI=1S/C12H14N2O/c1-15-12-5-2-4-11(10-12)6-9-14-8-3-7-13-14/h2-5,7-8,10H,6,9H2,1H3. The van der Waals surface area contributed by atoms with Gasteiger partial charge in [0.15, 0.2) is 0 Å². The Labute approximate surface area is 89.3 Å². The smallest absolute Gasteiger partial charge is 0.119 e. The van der Waals surface area contributed by atoms with Crippen molar-refractivity contribution in [3.63, 3.8) is 0 Å². The molecular formula is C12H14N2O. The summed E-state index contributed by atoms with van der Waals surface area (Å²) < 4.78 is 7.10. The molecule has 0 aliphatic carbocycles. The second-order valence-corrected chi connectivity index (χ2v) is 3.37. The highest BCUT2D eigenvalue weighted by atomic mass is 16.5. The third kappa shape index (κ3) is 2.59. The molecule has 0 saturated carbocycles.